The third-order valence-corrected chi connectivity index (χ3v) is 1.03. The van der Waals surface area contributed by atoms with Gasteiger partial charge in [-0.05, 0) is 6.42 Å². The lowest BCUT2D eigenvalue weighted by Gasteiger charge is -1.92. The van der Waals surface area contributed by atoms with E-state index in [1.165, 1.54) is 5.92 Å². The molecule has 1 radical (unpaired) electrons. The Morgan fingerprint density at radius 3 is 2.27 bits per heavy atom. The van der Waals surface area contributed by atoms with Gasteiger partial charge in [-0.1, -0.05) is 25.7 Å². The molecular formula is C8H10F3. The number of hydrogen-bond donors (Lipinski definition) is 0. The van der Waals surface area contributed by atoms with Crippen LogP contribution < -0.4 is 0 Å². The van der Waals surface area contributed by atoms with E-state index in [1.54, 1.807) is 0 Å². The Balaban J connectivity index is 3.41. The average molecular weight is 163 g/mol. The molecule has 0 aromatic carbocycles. The van der Waals surface area contributed by atoms with E-state index in [-0.39, 0.29) is 0 Å². The smallest absolute Gasteiger partial charge is 0.159 e. The molecule has 0 aliphatic rings. The van der Waals surface area contributed by atoms with Crippen LogP contribution in [-0.4, -0.2) is 6.18 Å². The quantitative estimate of drug-likeness (QED) is 0.443. The van der Waals surface area contributed by atoms with Crippen molar-refractivity contribution < 1.29 is 13.2 Å². The largest absolute Gasteiger partial charge is 0.457 e. The molecule has 0 bridgehead atoms. The van der Waals surface area contributed by atoms with Gasteiger partial charge in [0.25, 0.3) is 0 Å². The summed E-state index contributed by atoms with van der Waals surface area (Å²) in [7, 11) is 0. The maximum absolute atomic E-state index is 11.4. The van der Waals surface area contributed by atoms with Crippen LogP contribution in [0.1, 0.15) is 25.7 Å². The molecule has 0 N–H and O–H groups in total. The normalized spacial score (nSPS) is 10.5. The zero-order valence-corrected chi connectivity index (χ0v) is 6.17. The number of alkyl halides is 3. The molecule has 0 rings (SSSR count). The molecular weight excluding hydrogens is 153 g/mol. The highest BCUT2D eigenvalue weighted by Crippen LogP contribution is 2.12. The molecule has 63 valence electrons. The Hall–Kier alpha value is -0.650. The van der Waals surface area contributed by atoms with Gasteiger partial charge in [-0.3, -0.25) is 0 Å². The molecule has 0 heterocycles. The van der Waals surface area contributed by atoms with Crippen LogP contribution in [0.4, 0.5) is 13.2 Å². The van der Waals surface area contributed by atoms with Gasteiger partial charge in [0.05, 0.1) is 0 Å². The van der Waals surface area contributed by atoms with E-state index in [1.807, 2.05) is 0 Å². The summed E-state index contributed by atoms with van der Waals surface area (Å²) in [5.74, 6) is 3.27. The van der Waals surface area contributed by atoms with Crippen molar-refractivity contribution in [3.05, 3.63) is 6.92 Å². The highest BCUT2D eigenvalue weighted by Gasteiger charge is 2.22. The van der Waals surface area contributed by atoms with Crippen molar-refractivity contribution in [3.63, 3.8) is 0 Å². The standard InChI is InChI=1S/C8H10F3/c1-2-3-4-5-6-7-8(9,10)11/h1-5H2. The van der Waals surface area contributed by atoms with E-state index in [2.05, 4.69) is 12.8 Å². The van der Waals surface area contributed by atoms with Crippen molar-refractivity contribution in [2.75, 3.05) is 0 Å². The number of halogens is 3. The Bertz CT molecular complexity index is 147. The zero-order valence-electron chi connectivity index (χ0n) is 6.17. The first-order valence-corrected chi connectivity index (χ1v) is 3.42. The fraction of sp³-hybridized carbons (Fsp3) is 0.625. The first kappa shape index (κ1) is 10.3. The van der Waals surface area contributed by atoms with Gasteiger partial charge in [-0.15, -0.1) is 0 Å². The van der Waals surface area contributed by atoms with Gasteiger partial charge in [-0.25, -0.2) is 0 Å². The minimum atomic E-state index is -4.33. The maximum Gasteiger partial charge on any atom is 0.457 e. The molecule has 0 aliphatic carbocycles. The van der Waals surface area contributed by atoms with E-state index in [4.69, 9.17) is 0 Å². The summed E-state index contributed by atoms with van der Waals surface area (Å²) in [6.07, 6.45) is -1.72. The Kier molecular flexibility index (Phi) is 4.76. The second-order valence-corrected chi connectivity index (χ2v) is 2.11. The monoisotopic (exact) mass is 163 g/mol. The SMILES string of the molecule is [CH2]CCCCC#CC(F)(F)F. The van der Waals surface area contributed by atoms with Crippen LogP contribution in [0.15, 0.2) is 0 Å². The second-order valence-electron chi connectivity index (χ2n) is 2.11. The van der Waals surface area contributed by atoms with Crippen molar-refractivity contribution in [2.24, 2.45) is 0 Å². The van der Waals surface area contributed by atoms with Crippen molar-refractivity contribution in [1.29, 1.82) is 0 Å². The highest BCUT2D eigenvalue weighted by molar-refractivity contribution is 5.04. The molecule has 0 atom stereocenters. The van der Waals surface area contributed by atoms with E-state index >= 15 is 0 Å². The minimum Gasteiger partial charge on any atom is -0.159 e. The summed E-state index contributed by atoms with van der Waals surface area (Å²) in [6.45, 7) is 3.56. The highest BCUT2D eigenvalue weighted by atomic mass is 19.4. The molecule has 0 unspecified atom stereocenters. The number of rotatable bonds is 3. The fourth-order valence-corrected chi connectivity index (χ4v) is 0.553. The third-order valence-electron chi connectivity index (χ3n) is 1.03. The topological polar surface area (TPSA) is 0 Å². The maximum atomic E-state index is 11.4. The zero-order chi connectivity index (χ0) is 8.74. The third kappa shape index (κ3) is 9.35. The van der Waals surface area contributed by atoms with Gasteiger partial charge in [0.1, 0.15) is 0 Å². The lowest BCUT2D eigenvalue weighted by atomic mass is 10.2. The van der Waals surface area contributed by atoms with Crippen molar-refractivity contribution in [3.8, 4) is 11.8 Å². The van der Waals surface area contributed by atoms with Gasteiger partial charge in [0, 0.05) is 12.3 Å². The van der Waals surface area contributed by atoms with Crippen molar-refractivity contribution in [1.82, 2.24) is 0 Å². The summed E-state index contributed by atoms with van der Waals surface area (Å²) in [5, 5.41) is 0. The lowest BCUT2D eigenvalue weighted by molar-refractivity contribution is -0.0697. The molecule has 0 saturated carbocycles. The molecule has 0 spiro atoms. The number of unbranched alkanes of at least 4 members (excludes halogenated alkanes) is 3. The van der Waals surface area contributed by atoms with Gasteiger partial charge < -0.3 is 0 Å². The van der Waals surface area contributed by atoms with Gasteiger partial charge >= 0.3 is 6.18 Å². The van der Waals surface area contributed by atoms with Crippen molar-refractivity contribution in [2.45, 2.75) is 31.9 Å². The molecule has 0 aliphatic heterocycles. The van der Waals surface area contributed by atoms with E-state index < -0.39 is 6.18 Å². The molecule has 0 aromatic heterocycles. The molecule has 0 aromatic rings. The Morgan fingerprint density at radius 2 is 1.82 bits per heavy atom. The van der Waals surface area contributed by atoms with Crippen LogP contribution in [0, 0.1) is 18.8 Å². The molecule has 3 heteroatoms. The van der Waals surface area contributed by atoms with E-state index in [0.717, 1.165) is 12.8 Å². The first-order valence-electron chi connectivity index (χ1n) is 3.42. The predicted octanol–water partition coefficient (Wildman–Crippen LogP) is 2.95. The van der Waals surface area contributed by atoms with Crippen LogP contribution in [0.25, 0.3) is 0 Å². The van der Waals surface area contributed by atoms with Crippen LogP contribution in [0.3, 0.4) is 0 Å². The van der Waals surface area contributed by atoms with Crippen molar-refractivity contribution >= 4 is 0 Å². The van der Waals surface area contributed by atoms with Crippen LogP contribution >= 0.6 is 0 Å². The molecule has 11 heavy (non-hydrogen) atoms. The second kappa shape index (κ2) is 5.06. The van der Waals surface area contributed by atoms with E-state index in [9.17, 15) is 13.2 Å². The molecule has 0 amide bonds. The van der Waals surface area contributed by atoms with Gasteiger partial charge in [-0.2, -0.15) is 13.2 Å². The Morgan fingerprint density at radius 1 is 1.18 bits per heavy atom. The summed E-state index contributed by atoms with van der Waals surface area (Å²) in [4.78, 5) is 0. The Labute approximate surface area is 64.8 Å². The van der Waals surface area contributed by atoms with Crippen LogP contribution in [0.5, 0.6) is 0 Å². The van der Waals surface area contributed by atoms with E-state index in [0.29, 0.717) is 12.8 Å². The molecule has 0 saturated heterocycles. The summed E-state index contributed by atoms with van der Waals surface area (Å²) >= 11 is 0. The molecule has 0 nitrogen and oxygen atoms in total. The summed E-state index contributed by atoms with van der Waals surface area (Å²) in [5.41, 5.74) is 0. The van der Waals surface area contributed by atoms with Gasteiger partial charge in [0.2, 0.25) is 0 Å². The fourth-order valence-electron chi connectivity index (χ4n) is 0.553. The predicted molar refractivity (Wildman–Crippen MR) is 37.7 cm³/mol. The number of hydrogen-bond acceptors (Lipinski definition) is 0. The summed E-state index contributed by atoms with van der Waals surface area (Å²) < 4.78 is 34.1. The van der Waals surface area contributed by atoms with Gasteiger partial charge in [0.15, 0.2) is 0 Å². The lowest BCUT2D eigenvalue weighted by Crippen LogP contribution is -2.01. The summed E-state index contributed by atoms with van der Waals surface area (Å²) in [6, 6.07) is 0. The minimum absolute atomic E-state index is 0.315. The molecule has 0 fully saturated rings. The van der Waals surface area contributed by atoms with Crippen LogP contribution in [-0.2, 0) is 0 Å². The van der Waals surface area contributed by atoms with Crippen LogP contribution in [0.2, 0.25) is 0 Å². The first-order chi connectivity index (χ1) is 5.06. The average Bonchev–Trinajstić information content (AvgIpc) is 1.85.